The summed E-state index contributed by atoms with van der Waals surface area (Å²) in [6.07, 6.45) is 0.939. The number of aliphatic hydroxyl groups excluding tert-OH is 1. The third-order valence-electron chi connectivity index (χ3n) is 2.00. The second-order valence-electron chi connectivity index (χ2n) is 3.18. The lowest BCUT2D eigenvalue weighted by Gasteiger charge is -2.03. The molecule has 0 fully saturated rings. The van der Waals surface area contributed by atoms with Crippen molar-refractivity contribution in [2.75, 3.05) is 6.61 Å². The third-order valence-corrected chi connectivity index (χ3v) is 2.91. The largest absolute Gasteiger partial charge is 0.396 e. The fourth-order valence-electron chi connectivity index (χ4n) is 1.09. The van der Waals surface area contributed by atoms with Gasteiger partial charge in [0.1, 0.15) is 0 Å². The van der Waals surface area contributed by atoms with Gasteiger partial charge in [0.25, 0.3) is 0 Å². The standard InChI is InChI=1S/C10H15NO2S/c1-8-6-14-7-9(8)5-11-10(13)3-2-4-12/h6-7,12H,2-5H2,1H3,(H,11,13). The molecular weight excluding hydrogens is 198 g/mol. The van der Waals surface area contributed by atoms with Gasteiger partial charge >= 0.3 is 0 Å². The Morgan fingerprint density at radius 2 is 2.36 bits per heavy atom. The van der Waals surface area contributed by atoms with E-state index >= 15 is 0 Å². The SMILES string of the molecule is Cc1cscc1CNC(=O)CCCO. The van der Waals surface area contributed by atoms with E-state index in [9.17, 15) is 4.79 Å². The van der Waals surface area contributed by atoms with Gasteiger partial charge in [0.2, 0.25) is 5.91 Å². The Morgan fingerprint density at radius 3 is 2.93 bits per heavy atom. The highest BCUT2D eigenvalue weighted by Crippen LogP contribution is 2.12. The molecule has 0 aliphatic heterocycles. The van der Waals surface area contributed by atoms with Gasteiger partial charge in [-0.15, -0.1) is 0 Å². The van der Waals surface area contributed by atoms with E-state index in [4.69, 9.17) is 5.11 Å². The Labute approximate surface area is 87.8 Å². The minimum Gasteiger partial charge on any atom is -0.396 e. The van der Waals surface area contributed by atoms with Crippen LogP contribution in [0.15, 0.2) is 10.8 Å². The van der Waals surface area contributed by atoms with Crippen molar-refractivity contribution < 1.29 is 9.90 Å². The maximum absolute atomic E-state index is 11.2. The Bertz CT molecular complexity index is 296. The number of thiophene rings is 1. The van der Waals surface area contributed by atoms with Crippen molar-refractivity contribution in [1.29, 1.82) is 0 Å². The molecule has 0 saturated carbocycles. The molecule has 4 heteroatoms. The van der Waals surface area contributed by atoms with Crippen molar-refractivity contribution in [3.05, 3.63) is 21.9 Å². The fraction of sp³-hybridized carbons (Fsp3) is 0.500. The molecule has 1 rings (SSSR count). The van der Waals surface area contributed by atoms with E-state index < -0.39 is 0 Å². The summed E-state index contributed by atoms with van der Waals surface area (Å²) in [5, 5.41) is 15.5. The Morgan fingerprint density at radius 1 is 1.57 bits per heavy atom. The van der Waals surface area contributed by atoms with Gasteiger partial charge in [0.05, 0.1) is 0 Å². The van der Waals surface area contributed by atoms with Crippen LogP contribution in [0.2, 0.25) is 0 Å². The van der Waals surface area contributed by atoms with Crippen LogP contribution in [0.5, 0.6) is 0 Å². The lowest BCUT2D eigenvalue weighted by atomic mass is 10.2. The molecule has 1 amide bonds. The first-order valence-corrected chi connectivity index (χ1v) is 5.57. The van der Waals surface area contributed by atoms with Crippen LogP contribution in [0, 0.1) is 6.92 Å². The topological polar surface area (TPSA) is 49.3 Å². The van der Waals surface area contributed by atoms with Crippen molar-refractivity contribution in [2.45, 2.75) is 26.3 Å². The number of hydrogen-bond donors (Lipinski definition) is 2. The molecule has 0 spiro atoms. The van der Waals surface area contributed by atoms with E-state index in [1.54, 1.807) is 11.3 Å². The molecule has 0 aliphatic rings. The van der Waals surface area contributed by atoms with Gasteiger partial charge in [0.15, 0.2) is 0 Å². The predicted octanol–water partition coefficient (Wildman–Crippen LogP) is 1.45. The molecule has 0 atom stereocenters. The molecule has 3 nitrogen and oxygen atoms in total. The number of nitrogens with one attached hydrogen (secondary N) is 1. The first-order valence-electron chi connectivity index (χ1n) is 4.63. The van der Waals surface area contributed by atoms with E-state index in [0.29, 0.717) is 19.4 Å². The minimum absolute atomic E-state index is 0.00431. The second-order valence-corrected chi connectivity index (χ2v) is 3.93. The average Bonchev–Trinajstić information content (AvgIpc) is 2.58. The van der Waals surface area contributed by atoms with E-state index in [2.05, 4.69) is 10.7 Å². The van der Waals surface area contributed by atoms with Gasteiger partial charge in [-0.05, 0) is 35.2 Å². The van der Waals surface area contributed by atoms with Gasteiger partial charge in [0, 0.05) is 19.6 Å². The predicted molar refractivity (Wildman–Crippen MR) is 57.2 cm³/mol. The van der Waals surface area contributed by atoms with Crippen molar-refractivity contribution in [1.82, 2.24) is 5.32 Å². The molecule has 0 saturated heterocycles. The zero-order chi connectivity index (χ0) is 10.4. The van der Waals surface area contributed by atoms with Crippen LogP contribution in [0.25, 0.3) is 0 Å². The monoisotopic (exact) mass is 213 g/mol. The zero-order valence-electron chi connectivity index (χ0n) is 8.25. The Hall–Kier alpha value is -0.870. The number of aliphatic hydroxyl groups is 1. The number of hydrogen-bond acceptors (Lipinski definition) is 3. The van der Waals surface area contributed by atoms with Crippen LogP contribution in [-0.4, -0.2) is 17.6 Å². The van der Waals surface area contributed by atoms with Gasteiger partial charge in [-0.3, -0.25) is 4.79 Å². The summed E-state index contributed by atoms with van der Waals surface area (Å²) >= 11 is 1.64. The van der Waals surface area contributed by atoms with E-state index in [1.807, 2.05) is 12.3 Å². The lowest BCUT2D eigenvalue weighted by molar-refractivity contribution is -0.121. The Balaban J connectivity index is 2.27. The normalized spacial score (nSPS) is 10.1. The molecule has 1 aromatic heterocycles. The molecule has 1 heterocycles. The zero-order valence-corrected chi connectivity index (χ0v) is 9.06. The number of aryl methyl sites for hydroxylation is 1. The van der Waals surface area contributed by atoms with Crippen LogP contribution in [0.4, 0.5) is 0 Å². The van der Waals surface area contributed by atoms with Gasteiger partial charge in [-0.2, -0.15) is 11.3 Å². The molecule has 0 radical (unpaired) electrons. The summed E-state index contributed by atoms with van der Waals surface area (Å²) in [5.74, 6) is 0.00431. The highest BCUT2D eigenvalue weighted by molar-refractivity contribution is 7.08. The number of rotatable bonds is 5. The van der Waals surface area contributed by atoms with Crippen LogP contribution in [0.3, 0.4) is 0 Å². The van der Waals surface area contributed by atoms with Gasteiger partial charge in [-0.25, -0.2) is 0 Å². The van der Waals surface area contributed by atoms with Crippen molar-refractivity contribution >= 4 is 17.2 Å². The highest BCUT2D eigenvalue weighted by atomic mass is 32.1. The van der Waals surface area contributed by atoms with E-state index in [-0.39, 0.29) is 12.5 Å². The summed E-state index contributed by atoms with van der Waals surface area (Å²) < 4.78 is 0. The number of carbonyl (C=O) groups is 1. The highest BCUT2D eigenvalue weighted by Gasteiger charge is 2.02. The number of amides is 1. The first kappa shape index (κ1) is 11.2. The summed E-state index contributed by atoms with van der Waals surface area (Å²) in [4.78, 5) is 11.2. The summed E-state index contributed by atoms with van der Waals surface area (Å²) in [7, 11) is 0. The maximum Gasteiger partial charge on any atom is 0.220 e. The number of carbonyl (C=O) groups excluding carboxylic acids is 1. The second kappa shape index (κ2) is 5.78. The smallest absolute Gasteiger partial charge is 0.220 e. The van der Waals surface area contributed by atoms with Crippen LogP contribution >= 0.6 is 11.3 Å². The molecule has 0 aliphatic carbocycles. The summed E-state index contributed by atoms with van der Waals surface area (Å²) in [6.45, 7) is 2.70. The maximum atomic E-state index is 11.2. The lowest BCUT2D eigenvalue weighted by Crippen LogP contribution is -2.22. The molecular formula is C10H15NO2S. The van der Waals surface area contributed by atoms with Crippen molar-refractivity contribution in [2.24, 2.45) is 0 Å². The van der Waals surface area contributed by atoms with Crippen LogP contribution < -0.4 is 5.32 Å². The van der Waals surface area contributed by atoms with Crippen LogP contribution in [-0.2, 0) is 11.3 Å². The third kappa shape index (κ3) is 3.47. The van der Waals surface area contributed by atoms with Gasteiger partial charge in [-0.1, -0.05) is 0 Å². The van der Waals surface area contributed by atoms with Crippen molar-refractivity contribution in [3.8, 4) is 0 Å². The first-order chi connectivity index (χ1) is 6.74. The summed E-state index contributed by atoms with van der Waals surface area (Å²) in [5.41, 5.74) is 2.39. The van der Waals surface area contributed by atoms with E-state index in [1.165, 1.54) is 11.1 Å². The van der Waals surface area contributed by atoms with E-state index in [0.717, 1.165) is 0 Å². The molecule has 0 unspecified atom stereocenters. The van der Waals surface area contributed by atoms with Gasteiger partial charge < -0.3 is 10.4 Å². The minimum atomic E-state index is 0.00431. The molecule has 14 heavy (non-hydrogen) atoms. The van der Waals surface area contributed by atoms with Crippen molar-refractivity contribution in [3.63, 3.8) is 0 Å². The molecule has 0 bridgehead atoms. The Kier molecular flexibility index (Phi) is 4.62. The van der Waals surface area contributed by atoms with Crippen LogP contribution in [0.1, 0.15) is 24.0 Å². The molecule has 78 valence electrons. The summed E-state index contributed by atoms with van der Waals surface area (Å²) in [6, 6.07) is 0. The molecule has 2 N–H and O–H groups in total. The molecule has 1 aromatic rings. The molecule has 0 aromatic carbocycles. The average molecular weight is 213 g/mol. The fourth-order valence-corrected chi connectivity index (χ4v) is 1.95. The quantitative estimate of drug-likeness (QED) is 0.777.